The van der Waals surface area contributed by atoms with Gasteiger partial charge in [-0.1, -0.05) is 214 Å². The Labute approximate surface area is 381 Å². The molecule has 1 spiro atoms. The summed E-state index contributed by atoms with van der Waals surface area (Å²) >= 11 is 0. The van der Waals surface area contributed by atoms with Crippen molar-refractivity contribution in [3.8, 4) is 66.8 Å². The molecule has 10 aromatic carbocycles. The summed E-state index contributed by atoms with van der Waals surface area (Å²) in [5.41, 5.74) is 25.9. The van der Waals surface area contributed by atoms with Crippen LogP contribution in [0.15, 0.2) is 237 Å². The Kier molecular flexibility index (Phi) is 8.24. The first-order valence-electron chi connectivity index (χ1n) is 22.8. The second-order valence-electron chi connectivity index (χ2n) is 18.4. The van der Waals surface area contributed by atoms with Crippen LogP contribution in [0.3, 0.4) is 0 Å². The molecule has 10 aromatic rings. The Hall–Kier alpha value is -8.00. The number of fused-ring (bicyclic) bond motifs is 15. The van der Waals surface area contributed by atoms with Crippen molar-refractivity contribution < 1.29 is 0 Å². The number of hydrogen-bond donors (Lipinski definition) is 0. The highest BCUT2D eigenvalue weighted by Crippen LogP contribution is 2.62. The van der Waals surface area contributed by atoms with Gasteiger partial charge in [-0.15, -0.1) is 0 Å². The van der Waals surface area contributed by atoms with Crippen molar-refractivity contribution in [1.29, 1.82) is 0 Å². The van der Waals surface area contributed by atoms with E-state index in [0.717, 1.165) is 17.1 Å². The average molecular weight is 828 g/mol. The fraction of sp³-hybridized carbons (Fsp3) is 0.0625. The monoisotopic (exact) mass is 827 g/mol. The van der Waals surface area contributed by atoms with Crippen LogP contribution in [-0.4, -0.2) is 0 Å². The molecule has 0 aliphatic heterocycles. The first-order valence-corrected chi connectivity index (χ1v) is 22.8. The molecular weight excluding hydrogens is 783 g/mol. The van der Waals surface area contributed by atoms with Crippen LogP contribution in [0.25, 0.3) is 66.8 Å². The van der Waals surface area contributed by atoms with Crippen LogP contribution < -0.4 is 4.90 Å². The molecule has 0 atom stereocenters. The molecule has 13 rings (SSSR count). The highest BCUT2D eigenvalue weighted by atomic mass is 15.1. The zero-order valence-corrected chi connectivity index (χ0v) is 36.5. The van der Waals surface area contributed by atoms with Crippen LogP contribution in [0.5, 0.6) is 0 Å². The minimum atomic E-state index is -0.576. The zero-order valence-electron chi connectivity index (χ0n) is 36.5. The molecular formula is C64H45N. The van der Waals surface area contributed by atoms with Crippen LogP contribution >= 0.6 is 0 Å². The van der Waals surface area contributed by atoms with Gasteiger partial charge in [-0.05, 0) is 137 Å². The third kappa shape index (κ3) is 5.39. The molecule has 0 saturated carbocycles. The molecule has 0 saturated heterocycles. The van der Waals surface area contributed by atoms with Gasteiger partial charge in [0.2, 0.25) is 0 Å². The number of rotatable bonds is 5. The van der Waals surface area contributed by atoms with Crippen LogP contribution in [0, 0.1) is 0 Å². The average Bonchev–Trinajstić information content (AvgIpc) is 3.75. The van der Waals surface area contributed by atoms with Crippen LogP contribution in [0.4, 0.5) is 17.1 Å². The third-order valence-corrected chi connectivity index (χ3v) is 14.7. The van der Waals surface area contributed by atoms with Crippen LogP contribution in [0.2, 0.25) is 0 Å². The molecule has 306 valence electrons. The first kappa shape index (κ1) is 37.5. The number of nitrogens with zero attached hydrogens (tertiary/aromatic N) is 1. The molecule has 3 aliphatic rings. The van der Waals surface area contributed by atoms with E-state index in [1.165, 1.54) is 100 Å². The van der Waals surface area contributed by atoms with E-state index in [9.17, 15) is 0 Å². The summed E-state index contributed by atoms with van der Waals surface area (Å²) in [6.07, 6.45) is 0. The summed E-state index contributed by atoms with van der Waals surface area (Å²) in [6, 6.07) is 88.4. The van der Waals surface area contributed by atoms with E-state index < -0.39 is 5.41 Å². The van der Waals surface area contributed by atoms with Crippen molar-refractivity contribution in [2.24, 2.45) is 0 Å². The lowest BCUT2D eigenvalue weighted by Gasteiger charge is -2.36. The van der Waals surface area contributed by atoms with E-state index in [2.05, 4.69) is 255 Å². The third-order valence-electron chi connectivity index (χ3n) is 14.7. The second-order valence-corrected chi connectivity index (χ2v) is 18.4. The normalized spacial score (nSPS) is 13.9. The van der Waals surface area contributed by atoms with E-state index in [-0.39, 0.29) is 5.41 Å². The molecule has 0 heterocycles. The van der Waals surface area contributed by atoms with Crippen molar-refractivity contribution in [3.05, 3.63) is 270 Å². The molecule has 3 aliphatic carbocycles. The molecule has 65 heavy (non-hydrogen) atoms. The van der Waals surface area contributed by atoms with Gasteiger partial charge in [0.1, 0.15) is 0 Å². The maximum atomic E-state index is 2.51. The molecule has 0 aromatic heterocycles. The van der Waals surface area contributed by atoms with E-state index in [0.29, 0.717) is 0 Å². The van der Waals surface area contributed by atoms with Gasteiger partial charge in [0.25, 0.3) is 0 Å². The summed E-state index contributed by atoms with van der Waals surface area (Å²) in [7, 11) is 0. The maximum absolute atomic E-state index is 2.51. The van der Waals surface area contributed by atoms with Crippen molar-refractivity contribution in [2.45, 2.75) is 24.7 Å². The highest BCUT2D eigenvalue weighted by molar-refractivity contribution is 5.99. The highest BCUT2D eigenvalue weighted by Gasteiger charge is 2.50. The van der Waals surface area contributed by atoms with Gasteiger partial charge in [-0.25, -0.2) is 0 Å². The largest absolute Gasteiger partial charge is 0.310 e. The van der Waals surface area contributed by atoms with Gasteiger partial charge in [0.15, 0.2) is 0 Å². The van der Waals surface area contributed by atoms with Gasteiger partial charge in [-0.3, -0.25) is 0 Å². The quantitative estimate of drug-likeness (QED) is 0.167. The minimum Gasteiger partial charge on any atom is -0.310 e. The van der Waals surface area contributed by atoms with E-state index in [1.807, 2.05) is 0 Å². The molecule has 1 nitrogen and oxygen atoms in total. The summed E-state index contributed by atoms with van der Waals surface area (Å²) in [6.45, 7) is 4.71. The standard InChI is InChI=1S/C64H45N/c1-63(2)56-29-12-11-27-55(56)62-48(28-17-33-60(62)63)43-34-36-45(37-35-43)65(46-21-16-20-44(40-46)42-18-4-3-5-19-42)47-38-39-54-53-26-10-15-32-59(53)64(61(54)41-47)57-30-13-8-24-51(57)49-22-6-7-23-50(49)52-25-9-14-31-58(52)64/h3-41H,1-2H3. The van der Waals surface area contributed by atoms with Gasteiger partial charge >= 0.3 is 0 Å². The Bertz CT molecular complexity index is 3450. The van der Waals surface area contributed by atoms with Crippen molar-refractivity contribution >= 4 is 17.1 Å². The Balaban J connectivity index is 1.04. The smallest absolute Gasteiger partial charge is 0.0726 e. The molecule has 0 amide bonds. The minimum absolute atomic E-state index is 0.0613. The SMILES string of the molecule is CC1(C)c2ccccc2-c2c(-c3ccc(N(c4cccc(-c5ccccc5)c4)c4ccc5c(c4)C4(c6ccccc6-c6ccccc6-c6ccccc64)c4ccccc4-5)cc3)cccc21. The lowest BCUT2D eigenvalue weighted by molar-refractivity contribution is 0.660. The summed E-state index contributed by atoms with van der Waals surface area (Å²) in [5, 5.41) is 0. The topological polar surface area (TPSA) is 3.24 Å². The summed E-state index contributed by atoms with van der Waals surface area (Å²) < 4.78 is 0. The predicted molar refractivity (Wildman–Crippen MR) is 271 cm³/mol. The van der Waals surface area contributed by atoms with Gasteiger partial charge in [0.05, 0.1) is 5.41 Å². The summed E-state index contributed by atoms with van der Waals surface area (Å²) in [4.78, 5) is 2.46. The maximum Gasteiger partial charge on any atom is 0.0726 e. The fourth-order valence-corrected chi connectivity index (χ4v) is 11.9. The summed E-state index contributed by atoms with van der Waals surface area (Å²) in [5.74, 6) is 0. The van der Waals surface area contributed by atoms with Gasteiger partial charge in [-0.2, -0.15) is 0 Å². The fourth-order valence-electron chi connectivity index (χ4n) is 11.9. The number of benzene rings is 10. The van der Waals surface area contributed by atoms with Gasteiger partial charge < -0.3 is 4.90 Å². The Morgan fingerprint density at radius 2 is 0.708 bits per heavy atom. The van der Waals surface area contributed by atoms with E-state index >= 15 is 0 Å². The number of hydrogen-bond acceptors (Lipinski definition) is 1. The zero-order chi connectivity index (χ0) is 43.3. The molecule has 0 radical (unpaired) electrons. The predicted octanol–water partition coefficient (Wildman–Crippen LogP) is 16.8. The Morgan fingerprint density at radius 1 is 0.262 bits per heavy atom. The lowest BCUT2D eigenvalue weighted by atomic mass is 9.66. The second kappa shape index (κ2) is 14.3. The van der Waals surface area contributed by atoms with Crippen molar-refractivity contribution in [2.75, 3.05) is 4.90 Å². The van der Waals surface area contributed by atoms with Crippen LogP contribution in [-0.2, 0) is 10.8 Å². The molecule has 0 bridgehead atoms. The van der Waals surface area contributed by atoms with Crippen LogP contribution in [0.1, 0.15) is 47.2 Å². The van der Waals surface area contributed by atoms with Crippen molar-refractivity contribution in [1.82, 2.24) is 0 Å². The molecule has 0 N–H and O–H groups in total. The molecule has 0 fully saturated rings. The molecule has 0 unspecified atom stereocenters. The molecule has 1 heteroatoms. The van der Waals surface area contributed by atoms with Crippen molar-refractivity contribution in [3.63, 3.8) is 0 Å². The van der Waals surface area contributed by atoms with E-state index in [1.54, 1.807) is 0 Å². The van der Waals surface area contributed by atoms with E-state index in [4.69, 9.17) is 0 Å². The first-order chi connectivity index (χ1) is 32.0. The lowest BCUT2D eigenvalue weighted by Crippen LogP contribution is -2.29. The van der Waals surface area contributed by atoms with Gasteiger partial charge in [0, 0.05) is 22.5 Å². The number of anilines is 3. The Morgan fingerprint density at radius 3 is 1.35 bits per heavy atom.